The summed E-state index contributed by atoms with van der Waals surface area (Å²) in [6, 6.07) is 23.5. The van der Waals surface area contributed by atoms with Crippen LogP contribution >= 0.6 is 11.8 Å². The van der Waals surface area contributed by atoms with Gasteiger partial charge < -0.3 is 24.4 Å². The molecule has 0 saturated carbocycles. The zero-order chi connectivity index (χ0) is 27.2. The first kappa shape index (κ1) is 28.6. The topological polar surface area (TPSA) is 114 Å². The number of ether oxygens (including phenoxy) is 3. The van der Waals surface area contributed by atoms with E-state index in [1.807, 2.05) is 36.6 Å². The van der Waals surface area contributed by atoms with Crippen molar-refractivity contribution in [1.29, 1.82) is 0 Å². The quantitative estimate of drug-likeness (QED) is 0.171. The predicted molar refractivity (Wildman–Crippen MR) is 147 cm³/mol. The van der Waals surface area contributed by atoms with Gasteiger partial charge in [0.2, 0.25) is 0 Å². The van der Waals surface area contributed by atoms with E-state index in [0.29, 0.717) is 35.6 Å². The lowest BCUT2D eigenvalue weighted by Gasteiger charge is -2.28. The first-order valence-electron chi connectivity index (χ1n) is 12.0. The average molecular weight is 538 g/mol. The molecule has 38 heavy (non-hydrogen) atoms. The molecule has 3 rings (SSSR count). The summed E-state index contributed by atoms with van der Waals surface area (Å²) >= 11 is 1.60. The molecule has 0 radical (unpaired) electrons. The molecule has 0 aliphatic carbocycles. The summed E-state index contributed by atoms with van der Waals surface area (Å²) in [4.78, 5) is 25.0. The summed E-state index contributed by atoms with van der Waals surface area (Å²) in [6.45, 7) is -0.0248. The van der Waals surface area contributed by atoms with Crippen molar-refractivity contribution in [3.63, 3.8) is 0 Å². The van der Waals surface area contributed by atoms with Crippen LogP contribution in [-0.2, 0) is 9.53 Å². The highest BCUT2D eigenvalue weighted by Gasteiger charge is 2.29. The molecule has 2 atom stereocenters. The Morgan fingerprint density at radius 1 is 1.00 bits per heavy atom. The number of nitrogens with one attached hydrogen (secondary N) is 1. The van der Waals surface area contributed by atoms with Crippen LogP contribution in [0.3, 0.4) is 0 Å². The number of hydrogen-bond donors (Lipinski definition) is 3. The molecule has 3 aromatic carbocycles. The fraction of sp³-hybridized carbons (Fsp3) is 0.241. The van der Waals surface area contributed by atoms with Gasteiger partial charge in [-0.2, -0.15) is 0 Å². The smallest absolute Gasteiger partial charge is 0.412 e. The number of carboxylic acids is 1. The van der Waals surface area contributed by atoms with E-state index in [1.54, 1.807) is 60.3 Å². The molecule has 0 aliphatic heterocycles. The Balaban J connectivity index is 1.90. The number of allylic oxidation sites excluding steroid dienone is 1. The highest BCUT2D eigenvalue weighted by atomic mass is 32.2. The second kappa shape index (κ2) is 15.3. The molecule has 0 heterocycles. The van der Waals surface area contributed by atoms with Gasteiger partial charge in [0.25, 0.3) is 0 Å². The molecule has 0 fully saturated rings. The first-order chi connectivity index (χ1) is 18.5. The number of carboxylic acid groups (broad SMARTS) is 1. The second-order valence-electron chi connectivity index (χ2n) is 8.11. The van der Waals surface area contributed by atoms with Crippen molar-refractivity contribution in [3.05, 3.63) is 96.6 Å². The van der Waals surface area contributed by atoms with E-state index in [-0.39, 0.29) is 13.2 Å². The van der Waals surface area contributed by atoms with Gasteiger partial charge in [0, 0.05) is 16.7 Å². The minimum absolute atomic E-state index is 0.116. The monoisotopic (exact) mass is 537 g/mol. The highest BCUT2D eigenvalue weighted by Crippen LogP contribution is 2.31. The maximum absolute atomic E-state index is 13.0. The SMILES string of the molecule is CSc1ccc(NC(=O)O[C@@H](c2cccc(OCCO)c2)[C@H](CC/C=C/C(=O)O)Oc2ccccc2)cc1. The molecular weight excluding hydrogens is 506 g/mol. The Hall–Kier alpha value is -3.95. The number of rotatable bonds is 14. The number of benzene rings is 3. The zero-order valence-electron chi connectivity index (χ0n) is 21.0. The van der Waals surface area contributed by atoms with E-state index in [4.69, 9.17) is 24.4 Å². The Bertz CT molecular complexity index is 1190. The molecule has 0 aliphatic rings. The fourth-order valence-corrected chi connectivity index (χ4v) is 4.04. The molecule has 0 bridgehead atoms. The Morgan fingerprint density at radius 2 is 1.74 bits per heavy atom. The molecule has 8 nitrogen and oxygen atoms in total. The lowest BCUT2D eigenvalue weighted by Crippen LogP contribution is -2.31. The van der Waals surface area contributed by atoms with Gasteiger partial charge in [-0.25, -0.2) is 9.59 Å². The Kier molecular flexibility index (Phi) is 11.5. The van der Waals surface area contributed by atoms with Gasteiger partial charge in [0.1, 0.15) is 24.2 Å². The van der Waals surface area contributed by atoms with Gasteiger partial charge in [-0.1, -0.05) is 36.4 Å². The van der Waals surface area contributed by atoms with Crippen molar-refractivity contribution in [2.45, 2.75) is 29.9 Å². The van der Waals surface area contributed by atoms with Gasteiger partial charge in [-0.15, -0.1) is 11.8 Å². The van der Waals surface area contributed by atoms with Crippen molar-refractivity contribution in [1.82, 2.24) is 0 Å². The van der Waals surface area contributed by atoms with Gasteiger partial charge in [-0.05, 0) is 73.2 Å². The molecule has 0 spiro atoms. The van der Waals surface area contributed by atoms with E-state index in [0.717, 1.165) is 11.0 Å². The third-order valence-electron chi connectivity index (χ3n) is 5.36. The van der Waals surface area contributed by atoms with E-state index < -0.39 is 24.3 Å². The summed E-state index contributed by atoms with van der Waals surface area (Å²) < 4.78 is 17.8. The molecule has 9 heteroatoms. The molecule has 200 valence electrons. The molecule has 0 saturated heterocycles. The standard InChI is InChI=1S/C29H31NO7S/c1-38-25-16-14-22(15-17-25)30-29(34)37-28(21-8-7-11-24(20-21)35-19-18-31)26(12-5-6-13-27(32)33)36-23-9-3-2-4-10-23/h2-4,6-11,13-17,20,26,28,31H,5,12,18-19H2,1H3,(H,30,34)(H,32,33)/b13-6+/t26-,28-/m0/s1. The lowest BCUT2D eigenvalue weighted by molar-refractivity contribution is -0.131. The van der Waals surface area contributed by atoms with Crippen LogP contribution in [0.2, 0.25) is 0 Å². The van der Waals surface area contributed by atoms with Crippen molar-refractivity contribution < 1.29 is 34.0 Å². The number of carbonyl (C=O) groups is 2. The predicted octanol–water partition coefficient (Wildman–Crippen LogP) is 5.94. The third kappa shape index (κ3) is 9.49. The summed E-state index contributed by atoms with van der Waals surface area (Å²) in [7, 11) is 0. The second-order valence-corrected chi connectivity index (χ2v) is 8.99. The normalized spacial score (nSPS) is 12.5. The van der Waals surface area contributed by atoms with Gasteiger partial charge in [0.15, 0.2) is 6.10 Å². The van der Waals surface area contributed by atoms with Crippen LogP contribution in [0, 0.1) is 0 Å². The number of anilines is 1. The number of para-hydroxylation sites is 1. The average Bonchev–Trinajstić information content (AvgIpc) is 2.93. The number of hydrogen-bond acceptors (Lipinski definition) is 7. The molecule has 0 unspecified atom stereocenters. The number of aliphatic hydroxyl groups excluding tert-OH is 1. The zero-order valence-corrected chi connectivity index (χ0v) is 21.8. The number of aliphatic carboxylic acids is 1. The van der Waals surface area contributed by atoms with Crippen LogP contribution in [0.4, 0.5) is 10.5 Å². The number of thioether (sulfide) groups is 1. The van der Waals surface area contributed by atoms with Gasteiger partial charge >= 0.3 is 12.1 Å². The maximum Gasteiger partial charge on any atom is 0.412 e. The number of amides is 1. The lowest BCUT2D eigenvalue weighted by atomic mass is 9.99. The minimum atomic E-state index is -1.04. The fourth-order valence-electron chi connectivity index (χ4n) is 3.63. The van der Waals surface area contributed by atoms with Crippen LogP contribution in [0.5, 0.6) is 11.5 Å². The Morgan fingerprint density at radius 3 is 2.42 bits per heavy atom. The van der Waals surface area contributed by atoms with E-state index >= 15 is 0 Å². The Labute approximate surface area is 226 Å². The van der Waals surface area contributed by atoms with Crippen LogP contribution in [0.25, 0.3) is 0 Å². The summed E-state index contributed by atoms with van der Waals surface area (Å²) in [5.74, 6) is 0.0374. The highest BCUT2D eigenvalue weighted by molar-refractivity contribution is 7.98. The minimum Gasteiger partial charge on any atom is -0.491 e. The number of carbonyl (C=O) groups excluding carboxylic acids is 1. The number of aliphatic hydroxyl groups is 1. The van der Waals surface area contributed by atoms with Crippen LogP contribution < -0.4 is 14.8 Å². The molecule has 0 aromatic heterocycles. The molecule has 1 amide bonds. The summed E-state index contributed by atoms with van der Waals surface area (Å²) in [5.41, 5.74) is 1.20. The van der Waals surface area contributed by atoms with Crippen molar-refractivity contribution >= 4 is 29.5 Å². The van der Waals surface area contributed by atoms with Crippen molar-refractivity contribution in [2.24, 2.45) is 0 Å². The van der Waals surface area contributed by atoms with Crippen LogP contribution in [0.1, 0.15) is 24.5 Å². The molecule has 3 N–H and O–H groups in total. The van der Waals surface area contributed by atoms with E-state index in [9.17, 15) is 9.59 Å². The summed E-state index contributed by atoms with van der Waals surface area (Å²) in [6.07, 6.45) is 3.13. The summed E-state index contributed by atoms with van der Waals surface area (Å²) in [5, 5.41) is 20.9. The maximum atomic E-state index is 13.0. The van der Waals surface area contributed by atoms with Gasteiger partial charge in [-0.3, -0.25) is 5.32 Å². The molecule has 3 aromatic rings. The third-order valence-corrected chi connectivity index (χ3v) is 6.11. The first-order valence-corrected chi connectivity index (χ1v) is 13.3. The molecular formula is C29H31NO7S. The van der Waals surface area contributed by atoms with Crippen molar-refractivity contribution in [3.8, 4) is 11.5 Å². The van der Waals surface area contributed by atoms with E-state index in [1.165, 1.54) is 6.08 Å². The van der Waals surface area contributed by atoms with E-state index in [2.05, 4.69) is 5.32 Å². The largest absolute Gasteiger partial charge is 0.491 e. The van der Waals surface area contributed by atoms with Crippen LogP contribution in [0.15, 0.2) is 95.9 Å². The van der Waals surface area contributed by atoms with Crippen LogP contribution in [-0.4, -0.2) is 47.8 Å². The van der Waals surface area contributed by atoms with Crippen molar-refractivity contribution in [2.75, 3.05) is 24.8 Å². The van der Waals surface area contributed by atoms with Gasteiger partial charge in [0.05, 0.1) is 6.61 Å².